The lowest BCUT2D eigenvalue weighted by Crippen LogP contribution is -2.09. The summed E-state index contributed by atoms with van der Waals surface area (Å²) in [6.45, 7) is 2.92. The first-order chi connectivity index (χ1) is 7.75. The van der Waals surface area contributed by atoms with Crippen LogP contribution in [0.2, 0.25) is 0 Å². The Kier molecular flexibility index (Phi) is 3.19. The zero-order valence-corrected chi connectivity index (χ0v) is 9.06. The molecule has 1 aromatic heterocycles. The molecule has 1 aromatic carbocycles. The molecule has 0 bridgehead atoms. The average molecular weight is 220 g/mol. The summed E-state index contributed by atoms with van der Waals surface area (Å²) in [6.07, 6.45) is 3.54. The van der Waals surface area contributed by atoms with Gasteiger partial charge in [-0.2, -0.15) is 5.10 Å². The molecule has 0 unspecified atom stereocenters. The summed E-state index contributed by atoms with van der Waals surface area (Å²) in [5, 5.41) is 4.03. The van der Waals surface area contributed by atoms with Crippen molar-refractivity contribution in [3.63, 3.8) is 0 Å². The Hall–Kier alpha value is -1.84. The van der Waals surface area contributed by atoms with Crippen molar-refractivity contribution in [3.05, 3.63) is 48.0 Å². The smallest absolute Gasteiger partial charge is 0.165 e. The maximum Gasteiger partial charge on any atom is 0.165 e. The topological polar surface area (TPSA) is 27.1 Å². The third-order valence-electron chi connectivity index (χ3n) is 2.22. The molecule has 0 atom stereocenters. The third kappa shape index (κ3) is 2.59. The molecule has 4 heteroatoms. The molecule has 0 saturated carbocycles. The van der Waals surface area contributed by atoms with E-state index in [0.29, 0.717) is 18.9 Å². The largest absolute Gasteiger partial charge is 0.489 e. The number of halogens is 1. The number of hydrogen-bond acceptors (Lipinski definition) is 2. The van der Waals surface area contributed by atoms with Crippen molar-refractivity contribution in [2.75, 3.05) is 6.61 Å². The van der Waals surface area contributed by atoms with Crippen LogP contribution >= 0.6 is 0 Å². The minimum absolute atomic E-state index is 0.298. The Bertz CT molecular complexity index is 454. The molecule has 0 spiro atoms. The van der Waals surface area contributed by atoms with Gasteiger partial charge in [-0.1, -0.05) is 6.07 Å². The second kappa shape index (κ2) is 4.79. The van der Waals surface area contributed by atoms with Crippen molar-refractivity contribution in [1.82, 2.24) is 9.78 Å². The number of benzene rings is 1. The second-order valence-electron chi connectivity index (χ2n) is 3.55. The van der Waals surface area contributed by atoms with Crippen molar-refractivity contribution in [2.45, 2.75) is 13.5 Å². The predicted octanol–water partition coefficient (Wildman–Crippen LogP) is 2.41. The molecule has 3 nitrogen and oxygen atoms in total. The van der Waals surface area contributed by atoms with Crippen LogP contribution in [0.1, 0.15) is 5.56 Å². The van der Waals surface area contributed by atoms with Gasteiger partial charge in [-0.05, 0) is 30.7 Å². The fraction of sp³-hybridized carbons (Fsp3) is 0.250. The van der Waals surface area contributed by atoms with E-state index in [0.717, 1.165) is 5.56 Å². The van der Waals surface area contributed by atoms with Gasteiger partial charge in [0.25, 0.3) is 0 Å². The molecule has 0 radical (unpaired) electrons. The maximum atomic E-state index is 13.3. The normalized spacial score (nSPS) is 10.4. The molecular formula is C12H13FN2O. The third-order valence-corrected chi connectivity index (χ3v) is 2.22. The summed E-state index contributed by atoms with van der Waals surface area (Å²) in [5.41, 5.74) is 0.982. The van der Waals surface area contributed by atoms with Gasteiger partial charge < -0.3 is 4.74 Å². The van der Waals surface area contributed by atoms with E-state index < -0.39 is 0 Å². The summed E-state index contributed by atoms with van der Waals surface area (Å²) in [5.74, 6) is -0.0294. The van der Waals surface area contributed by atoms with E-state index in [-0.39, 0.29) is 5.82 Å². The van der Waals surface area contributed by atoms with Crippen LogP contribution in [0.5, 0.6) is 5.75 Å². The number of ether oxygens (including phenoxy) is 1. The van der Waals surface area contributed by atoms with E-state index in [2.05, 4.69) is 5.10 Å². The minimum Gasteiger partial charge on any atom is -0.489 e. The molecule has 16 heavy (non-hydrogen) atoms. The number of aromatic nitrogens is 2. The lowest BCUT2D eigenvalue weighted by molar-refractivity contribution is 0.278. The van der Waals surface area contributed by atoms with Gasteiger partial charge in [0.05, 0.1) is 6.54 Å². The molecule has 1 heterocycles. The van der Waals surface area contributed by atoms with Gasteiger partial charge in [0, 0.05) is 12.4 Å². The van der Waals surface area contributed by atoms with Crippen molar-refractivity contribution >= 4 is 0 Å². The number of hydrogen-bond donors (Lipinski definition) is 0. The summed E-state index contributed by atoms with van der Waals surface area (Å²) < 4.78 is 20.4. The average Bonchev–Trinajstić information content (AvgIpc) is 2.76. The Morgan fingerprint density at radius 1 is 1.44 bits per heavy atom. The predicted molar refractivity (Wildman–Crippen MR) is 58.9 cm³/mol. The number of nitrogens with zero attached hydrogens (tertiary/aromatic N) is 2. The molecule has 0 N–H and O–H groups in total. The highest BCUT2D eigenvalue weighted by Gasteiger charge is 2.02. The van der Waals surface area contributed by atoms with Crippen molar-refractivity contribution in [1.29, 1.82) is 0 Å². The molecule has 0 amide bonds. The highest BCUT2D eigenvalue weighted by Crippen LogP contribution is 2.18. The zero-order chi connectivity index (χ0) is 11.4. The molecule has 0 aliphatic carbocycles. The number of rotatable bonds is 4. The van der Waals surface area contributed by atoms with Crippen LogP contribution < -0.4 is 4.74 Å². The quantitative estimate of drug-likeness (QED) is 0.791. The Morgan fingerprint density at radius 3 is 3.06 bits per heavy atom. The zero-order valence-electron chi connectivity index (χ0n) is 9.06. The van der Waals surface area contributed by atoms with E-state index in [4.69, 9.17) is 4.74 Å². The van der Waals surface area contributed by atoms with E-state index in [1.54, 1.807) is 23.0 Å². The Morgan fingerprint density at radius 2 is 2.31 bits per heavy atom. The first kappa shape index (κ1) is 10.7. The van der Waals surface area contributed by atoms with E-state index in [1.807, 2.05) is 19.2 Å². The van der Waals surface area contributed by atoms with Gasteiger partial charge >= 0.3 is 0 Å². The van der Waals surface area contributed by atoms with Crippen LogP contribution in [0.4, 0.5) is 4.39 Å². The van der Waals surface area contributed by atoms with Gasteiger partial charge in [-0.15, -0.1) is 0 Å². The molecule has 0 saturated heterocycles. The Balaban J connectivity index is 1.92. The highest BCUT2D eigenvalue weighted by molar-refractivity contribution is 5.29. The first-order valence-electron chi connectivity index (χ1n) is 5.12. The van der Waals surface area contributed by atoms with Gasteiger partial charge in [-0.3, -0.25) is 4.68 Å². The van der Waals surface area contributed by atoms with Gasteiger partial charge in [0.2, 0.25) is 0 Å². The van der Waals surface area contributed by atoms with Crippen LogP contribution in [0, 0.1) is 12.7 Å². The van der Waals surface area contributed by atoms with Crippen LogP contribution in [-0.4, -0.2) is 16.4 Å². The van der Waals surface area contributed by atoms with E-state index >= 15 is 0 Å². The van der Waals surface area contributed by atoms with Crippen molar-refractivity contribution < 1.29 is 9.13 Å². The maximum absolute atomic E-state index is 13.3. The van der Waals surface area contributed by atoms with Crippen molar-refractivity contribution in [3.8, 4) is 5.75 Å². The fourth-order valence-electron chi connectivity index (χ4n) is 1.40. The summed E-state index contributed by atoms with van der Waals surface area (Å²) in [6, 6.07) is 6.67. The lowest BCUT2D eigenvalue weighted by Gasteiger charge is -2.07. The molecule has 84 valence electrons. The van der Waals surface area contributed by atoms with Crippen LogP contribution in [0.25, 0.3) is 0 Å². The Labute approximate surface area is 93.5 Å². The standard InChI is InChI=1S/C12H13FN2O/c1-10-3-4-11(13)12(9-10)16-8-7-15-6-2-5-14-15/h2-6,9H,7-8H2,1H3. The second-order valence-corrected chi connectivity index (χ2v) is 3.55. The number of aryl methyl sites for hydroxylation is 1. The fourth-order valence-corrected chi connectivity index (χ4v) is 1.40. The summed E-state index contributed by atoms with van der Waals surface area (Å²) in [7, 11) is 0. The summed E-state index contributed by atoms with van der Waals surface area (Å²) in [4.78, 5) is 0. The van der Waals surface area contributed by atoms with Crippen LogP contribution in [-0.2, 0) is 6.54 Å². The molecule has 2 aromatic rings. The monoisotopic (exact) mass is 220 g/mol. The molecule has 0 fully saturated rings. The van der Waals surface area contributed by atoms with Gasteiger partial charge in [-0.25, -0.2) is 4.39 Å². The summed E-state index contributed by atoms with van der Waals surface area (Å²) >= 11 is 0. The molecular weight excluding hydrogens is 207 g/mol. The SMILES string of the molecule is Cc1ccc(F)c(OCCn2cccn2)c1. The van der Waals surface area contributed by atoms with E-state index in [9.17, 15) is 4.39 Å². The minimum atomic E-state index is -0.328. The van der Waals surface area contributed by atoms with Crippen LogP contribution in [0.15, 0.2) is 36.7 Å². The van der Waals surface area contributed by atoms with Gasteiger partial charge in [0.15, 0.2) is 11.6 Å². The van der Waals surface area contributed by atoms with E-state index in [1.165, 1.54) is 6.07 Å². The molecule has 0 aliphatic rings. The van der Waals surface area contributed by atoms with Crippen LogP contribution in [0.3, 0.4) is 0 Å². The van der Waals surface area contributed by atoms with Crippen molar-refractivity contribution in [2.24, 2.45) is 0 Å². The van der Waals surface area contributed by atoms with Gasteiger partial charge in [0.1, 0.15) is 6.61 Å². The molecule has 0 aliphatic heterocycles. The molecule has 2 rings (SSSR count). The first-order valence-corrected chi connectivity index (χ1v) is 5.12. The lowest BCUT2D eigenvalue weighted by atomic mass is 10.2. The highest BCUT2D eigenvalue weighted by atomic mass is 19.1.